The molecule has 0 fully saturated rings. The lowest BCUT2D eigenvalue weighted by Gasteiger charge is -2.09. The van der Waals surface area contributed by atoms with Crippen molar-refractivity contribution < 1.29 is 13.2 Å². The maximum Gasteiger partial charge on any atom is 0.416 e. The van der Waals surface area contributed by atoms with E-state index in [1.165, 1.54) is 13.0 Å². The summed E-state index contributed by atoms with van der Waals surface area (Å²) < 4.78 is 38.4. The Bertz CT molecular complexity index is 626. The number of hydrogen-bond acceptors (Lipinski definition) is 2. The monoisotopic (exact) mass is 269 g/mol. The molecule has 102 valence electrons. The quantitative estimate of drug-likeness (QED) is 0.802. The second kappa shape index (κ2) is 4.53. The summed E-state index contributed by atoms with van der Waals surface area (Å²) in [5.41, 5.74) is 6.38. The number of halogens is 3. The third-order valence-corrected chi connectivity index (χ3v) is 2.83. The van der Waals surface area contributed by atoms with E-state index in [-0.39, 0.29) is 5.56 Å². The first kappa shape index (κ1) is 13.3. The smallest absolute Gasteiger partial charge is 0.386 e. The highest BCUT2D eigenvalue weighted by Gasteiger charge is 2.32. The minimum Gasteiger partial charge on any atom is -0.386 e. The molecule has 1 heterocycles. The van der Waals surface area contributed by atoms with Crippen LogP contribution in [0.5, 0.6) is 0 Å². The van der Waals surface area contributed by atoms with Crippen LogP contribution in [0.1, 0.15) is 16.8 Å². The van der Waals surface area contributed by atoms with Gasteiger partial charge in [0.05, 0.1) is 17.9 Å². The Morgan fingerprint density at radius 3 is 2.63 bits per heavy atom. The van der Waals surface area contributed by atoms with Gasteiger partial charge in [0.2, 0.25) is 0 Å². The van der Waals surface area contributed by atoms with Crippen LogP contribution < -0.4 is 11.1 Å². The van der Waals surface area contributed by atoms with Gasteiger partial charge in [0.1, 0.15) is 0 Å². The fourth-order valence-corrected chi connectivity index (χ4v) is 1.96. The van der Waals surface area contributed by atoms with Crippen molar-refractivity contribution in [2.24, 2.45) is 5.73 Å². The number of aromatic nitrogens is 1. The van der Waals surface area contributed by atoms with Crippen molar-refractivity contribution in [2.75, 3.05) is 0 Å². The fraction of sp³-hybridized carbons (Fsp3) is 0.231. The van der Waals surface area contributed by atoms with Crippen molar-refractivity contribution in [3.05, 3.63) is 47.4 Å². The first-order valence-electron chi connectivity index (χ1n) is 5.65. The molecule has 2 rings (SSSR count). The summed E-state index contributed by atoms with van der Waals surface area (Å²) >= 11 is 0. The fourth-order valence-electron chi connectivity index (χ4n) is 1.96. The second-order valence-corrected chi connectivity index (χ2v) is 4.43. The number of H-pyrrole nitrogens is 1. The van der Waals surface area contributed by atoms with E-state index in [4.69, 9.17) is 5.73 Å². The third-order valence-electron chi connectivity index (χ3n) is 2.83. The highest BCUT2D eigenvalue weighted by Crippen LogP contribution is 2.34. The molecule has 0 spiro atoms. The highest BCUT2D eigenvalue weighted by atomic mass is 19.4. The normalized spacial score (nSPS) is 11.8. The van der Waals surface area contributed by atoms with Crippen molar-refractivity contribution in [1.29, 1.82) is 0 Å². The molecule has 3 nitrogen and oxygen atoms in total. The van der Waals surface area contributed by atoms with Crippen molar-refractivity contribution in [1.82, 2.24) is 10.3 Å². The van der Waals surface area contributed by atoms with Gasteiger partial charge in [-0.3, -0.25) is 0 Å². The van der Waals surface area contributed by atoms with Crippen molar-refractivity contribution in [3.8, 4) is 0 Å². The molecule has 0 atom stereocenters. The van der Waals surface area contributed by atoms with Crippen molar-refractivity contribution in [2.45, 2.75) is 19.6 Å². The molecule has 0 radical (unpaired) electrons. The molecule has 1 aromatic heterocycles. The van der Waals surface area contributed by atoms with Crippen LogP contribution in [-0.2, 0) is 12.7 Å². The highest BCUT2D eigenvalue weighted by molar-refractivity contribution is 5.82. The van der Waals surface area contributed by atoms with Gasteiger partial charge in [0, 0.05) is 16.6 Å². The van der Waals surface area contributed by atoms with Crippen LogP contribution in [0.15, 0.2) is 30.6 Å². The lowest BCUT2D eigenvalue weighted by atomic mass is 10.1. The van der Waals surface area contributed by atoms with E-state index in [0.717, 1.165) is 11.8 Å². The molecule has 0 saturated heterocycles. The van der Waals surface area contributed by atoms with Crippen LogP contribution in [0, 0.1) is 6.92 Å². The summed E-state index contributed by atoms with van der Waals surface area (Å²) in [6.07, 6.45) is -4.33. The molecular formula is C13H14F3N3. The number of rotatable bonds is 3. The van der Waals surface area contributed by atoms with Crippen LogP contribution in [0.4, 0.5) is 13.2 Å². The summed E-state index contributed by atoms with van der Waals surface area (Å²) in [5, 5.41) is 3.34. The van der Waals surface area contributed by atoms with E-state index in [1.807, 2.05) is 0 Å². The summed E-state index contributed by atoms with van der Waals surface area (Å²) in [4.78, 5) is 3.04. The molecule has 4 N–H and O–H groups in total. The number of aromatic amines is 1. The van der Waals surface area contributed by atoms with Gasteiger partial charge in [-0.2, -0.15) is 13.2 Å². The maximum absolute atomic E-state index is 12.8. The topological polar surface area (TPSA) is 53.8 Å². The summed E-state index contributed by atoms with van der Waals surface area (Å²) in [7, 11) is 0. The third kappa shape index (κ3) is 2.83. The van der Waals surface area contributed by atoms with Gasteiger partial charge >= 0.3 is 6.18 Å². The van der Waals surface area contributed by atoms with Crippen molar-refractivity contribution >= 4 is 10.9 Å². The van der Waals surface area contributed by atoms with Crippen LogP contribution in [0.25, 0.3) is 10.9 Å². The van der Waals surface area contributed by atoms with Crippen LogP contribution >= 0.6 is 0 Å². The summed E-state index contributed by atoms with van der Waals surface area (Å²) in [6, 6.07) is 4.32. The largest absolute Gasteiger partial charge is 0.416 e. The number of aryl methyl sites for hydroxylation is 1. The Morgan fingerprint density at radius 1 is 1.37 bits per heavy atom. The first-order chi connectivity index (χ1) is 8.77. The van der Waals surface area contributed by atoms with E-state index >= 15 is 0 Å². The van der Waals surface area contributed by atoms with E-state index < -0.39 is 11.7 Å². The minimum absolute atomic E-state index is 0.199. The minimum atomic E-state index is -4.33. The van der Waals surface area contributed by atoms with Crippen LogP contribution in [0.2, 0.25) is 0 Å². The Kier molecular flexibility index (Phi) is 3.18. The molecule has 0 aliphatic rings. The summed E-state index contributed by atoms with van der Waals surface area (Å²) in [5.74, 6) is 0.311. The van der Waals surface area contributed by atoms with Gasteiger partial charge in [-0.1, -0.05) is 6.58 Å². The van der Waals surface area contributed by atoms with Gasteiger partial charge in [0.15, 0.2) is 0 Å². The van der Waals surface area contributed by atoms with Crippen LogP contribution in [0.3, 0.4) is 0 Å². The number of fused-ring (bicyclic) bond motifs is 1. The molecular weight excluding hydrogens is 255 g/mol. The molecule has 6 heteroatoms. The predicted molar refractivity (Wildman–Crippen MR) is 68.2 cm³/mol. The molecule has 0 amide bonds. The van der Waals surface area contributed by atoms with Gasteiger partial charge in [-0.25, -0.2) is 0 Å². The average Bonchev–Trinajstić information content (AvgIpc) is 2.65. The average molecular weight is 269 g/mol. The standard InChI is InChI=1S/C13H14F3N3/c1-7-3-12-9(5-11(7)13(14,15)16)4-10(19-12)6-18-8(2)17/h3-5,18-19H,2,6,17H2,1H3. The molecule has 1 aromatic carbocycles. The van der Waals surface area contributed by atoms with E-state index in [1.54, 1.807) is 6.07 Å². The van der Waals surface area contributed by atoms with Gasteiger partial charge in [0.25, 0.3) is 0 Å². The number of hydrogen-bond donors (Lipinski definition) is 3. The summed E-state index contributed by atoms with van der Waals surface area (Å²) in [6.45, 7) is 5.33. The van der Waals surface area contributed by atoms with Crippen LogP contribution in [-0.4, -0.2) is 4.98 Å². The van der Waals surface area contributed by atoms with E-state index in [0.29, 0.717) is 23.3 Å². The first-order valence-corrected chi connectivity index (χ1v) is 5.65. The Hall–Kier alpha value is -2.11. The van der Waals surface area contributed by atoms with Gasteiger partial charge < -0.3 is 16.0 Å². The van der Waals surface area contributed by atoms with Gasteiger partial charge in [-0.15, -0.1) is 0 Å². The Labute approximate surface area is 108 Å². The van der Waals surface area contributed by atoms with Gasteiger partial charge in [-0.05, 0) is 30.7 Å². The van der Waals surface area contributed by atoms with Crippen molar-refractivity contribution in [3.63, 3.8) is 0 Å². The van der Waals surface area contributed by atoms with E-state index in [9.17, 15) is 13.2 Å². The number of alkyl halides is 3. The number of benzene rings is 1. The molecule has 0 aliphatic heterocycles. The maximum atomic E-state index is 12.8. The molecule has 0 unspecified atom stereocenters. The molecule has 19 heavy (non-hydrogen) atoms. The zero-order chi connectivity index (χ0) is 14.2. The second-order valence-electron chi connectivity index (χ2n) is 4.43. The molecule has 0 bridgehead atoms. The molecule has 2 aromatic rings. The number of nitrogens with two attached hydrogens (primary N) is 1. The molecule has 0 saturated carbocycles. The SMILES string of the molecule is C=C(N)NCc1cc2cc(C(F)(F)F)c(C)cc2[nH]1. The van der Waals surface area contributed by atoms with E-state index in [2.05, 4.69) is 16.9 Å². The number of nitrogens with one attached hydrogen (secondary N) is 2. The molecule has 0 aliphatic carbocycles. The zero-order valence-electron chi connectivity index (χ0n) is 10.4. The predicted octanol–water partition coefficient (Wildman–Crippen LogP) is 3.01. The zero-order valence-corrected chi connectivity index (χ0v) is 10.4. The lowest BCUT2D eigenvalue weighted by Crippen LogP contribution is -2.18. The Morgan fingerprint density at radius 2 is 2.05 bits per heavy atom. The lowest BCUT2D eigenvalue weighted by molar-refractivity contribution is -0.137. The Balaban J connectivity index is 2.40.